The van der Waals surface area contributed by atoms with Gasteiger partial charge < -0.3 is 10.2 Å². The van der Waals surface area contributed by atoms with Gasteiger partial charge in [-0.15, -0.1) is 11.8 Å². The molecule has 16 heavy (non-hydrogen) atoms. The summed E-state index contributed by atoms with van der Waals surface area (Å²) < 4.78 is 0. The molecule has 1 atom stereocenters. The summed E-state index contributed by atoms with van der Waals surface area (Å²) in [6.07, 6.45) is 6.59. The average molecular weight is 237 g/mol. The lowest BCUT2D eigenvalue weighted by molar-refractivity contribution is 0.449. The van der Waals surface area contributed by atoms with Crippen LogP contribution in [0.3, 0.4) is 0 Å². The van der Waals surface area contributed by atoms with Crippen LogP contribution in [0, 0.1) is 0 Å². The molecule has 1 aromatic rings. The second-order valence-electron chi connectivity index (χ2n) is 4.13. The predicted molar refractivity (Wildman–Crippen MR) is 70.3 cm³/mol. The van der Waals surface area contributed by atoms with Gasteiger partial charge in [0.25, 0.3) is 0 Å². The van der Waals surface area contributed by atoms with Crippen LogP contribution in [0.25, 0.3) is 0 Å². The summed E-state index contributed by atoms with van der Waals surface area (Å²) in [7, 11) is 2.04. The Labute approximate surface area is 102 Å². The van der Waals surface area contributed by atoms with Crippen molar-refractivity contribution in [2.45, 2.75) is 23.9 Å². The number of aromatic nitrogens is 1. The van der Waals surface area contributed by atoms with Crippen LogP contribution in [0.2, 0.25) is 0 Å². The van der Waals surface area contributed by atoms with Crippen molar-refractivity contribution in [2.24, 2.45) is 0 Å². The van der Waals surface area contributed by atoms with Crippen LogP contribution in [0.1, 0.15) is 12.8 Å². The highest BCUT2D eigenvalue weighted by atomic mass is 32.2. The zero-order chi connectivity index (χ0) is 11.4. The molecular formula is C12H19N3S. The maximum absolute atomic E-state index is 4.42. The van der Waals surface area contributed by atoms with Crippen molar-refractivity contribution < 1.29 is 0 Å². The SMILES string of the molecule is CN[C@H]1CCCN(c2ccc(SC)nc2)C1. The van der Waals surface area contributed by atoms with Gasteiger partial charge in [-0.3, -0.25) is 0 Å². The maximum atomic E-state index is 4.42. The molecule has 0 spiro atoms. The molecule has 0 aromatic carbocycles. The Morgan fingerprint density at radius 2 is 2.38 bits per heavy atom. The zero-order valence-corrected chi connectivity index (χ0v) is 10.8. The van der Waals surface area contributed by atoms with Crippen molar-refractivity contribution in [3.8, 4) is 0 Å². The number of nitrogens with zero attached hydrogens (tertiary/aromatic N) is 2. The van der Waals surface area contributed by atoms with Crippen molar-refractivity contribution in [1.82, 2.24) is 10.3 Å². The molecule has 3 nitrogen and oxygen atoms in total. The van der Waals surface area contributed by atoms with Crippen molar-refractivity contribution in [2.75, 3.05) is 31.3 Å². The summed E-state index contributed by atoms with van der Waals surface area (Å²) in [5.41, 5.74) is 1.25. The number of hydrogen-bond donors (Lipinski definition) is 1. The van der Waals surface area contributed by atoms with Crippen molar-refractivity contribution in [3.05, 3.63) is 18.3 Å². The van der Waals surface area contributed by atoms with Gasteiger partial charge in [-0.2, -0.15) is 0 Å². The topological polar surface area (TPSA) is 28.2 Å². The highest BCUT2D eigenvalue weighted by molar-refractivity contribution is 7.98. The Hall–Kier alpha value is -0.740. The van der Waals surface area contributed by atoms with Gasteiger partial charge in [-0.25, -0.2) is 4.98 Å². The molecule has 0 saturated carbocycles. The number of thioether (sulfide) groups is 1. The normalized spacial score (nSPS) is 21.1. The second kappa shape index (κ2) is 5.55. The van der Waals surface area contributed by atoms with E-state index in [0.29, 0.717) is 6.04 Å². The van der Waals surface area contributed by atoms with E-state index >= 15 is 0 Å². The monoisotopic (exact) mass is 237 g/mol. The Morgan fingerprint density at radius 1 is 1.50 bits per heavy atom. The highest BCUT2D eigenvalue weighted by Crippen LogP contribution is 2.21. The quantitative estimate of drug-likeness (QED) is 0.814. The van der Waals surface area contributed by atoms with Crippen LogP contribution in [-0.2, 0) is 0 Å². The first-order chi connectivity index (χ1) is 7.83. The predicted octanol–water partition coefficient (Wildman–Crippen LogP) is 1.99. The fraction of sp³-hybridized carbons (Fsp3) is 0.583. The fourth-order valence-corrected chi connectivity index (χ4v) is 2.49. The summed E-state index contributed by atoms with van der Waals surface area (Å²) in [4.78, 5) is 6.84. The molecule has 1 aromatic heterocycles. The molecule has 1 aliphatic rings. The smallest absolute Gasteiger partial charge is 0.0958 e. The van der Waals surface area contributed by atoms with E-state index in [-0.39, 0.29) is 0 Å². The molecule has 1 fully saturated rings. The molecule has 0 radical (unpaired) electrons. The number of hydrogen-bond acceptors (Lipinski definition) is 4. The Kier molecular flexibility index (Phi) is 4.07. The summed E-state index contributed by atoms with van der Waals surface area (Å²) in [5, 5.41) is 4.45. The van der Waals surface area contributed by atoms with Crippen LogP contribution >= 0.6 is 11.8 Å². The molecule has 1 N–H and O–H groups in total. The van der Waals surface area contributed by atoms with Crippen LogP contribution in [0.15, 0.2) is 23.4 Å². The van der Waals surface area contributed by atoms with Crippen molar-refractivity contribution >= 4 is 17.4 Å². The third-order valence-corrected chi connectivity index (χ3v) is 3.78. The van der Waals surface area contributed by atoms with E-state index in [9.17, 15) is 0 Å². The number of anilines is 1. The number of rotatable bonds is 3. The molecule has 1 saturated heterocycles. The fourth-order valence-electron chi connectivity index (χ4n) is 2.13. The first-order valence-corrected chi connectivity index (χ1v) is 6.98. The van der Waals surface area contributed by atoms with E-state index < -0.39 is 0 Å². The molecule has 0 unspecified atom stereocenters. The van der Waals surface area contributed by atoms with Gasteiger partial charge in [0.1, 0.15) is 0 Å². The number of nitrogens with one attached hydrogen (secondary N) is 1. The van der Waals surface area contributed by atoms with Gasteiger partial charge in [-0.1, -0.05) is 0 Å². The minimum Gasteiger partial charge on any atom is -0.369 e. The Balaban J connectivity index is 2.05. The van der Waals surface area contributed by atoms with Gasteiger partial charge >= 0.3 is 0 Å². The van der Waals surface area contributed by atoms with Gasteiger partial charge in [0.05, 0.1) is 16.9 Å². The standard InChI is InChI=1S/C12H19N3S/c1-13-10-4-3-7-15(9-10)11-5-6-12(16-2)14-8-11/h5-6,8,10,13H,3-4,7,9H2,1-2H3/t10-/m0/s1. The lowest BCUT2D eigenvalue weighted by atomic mass is 10.1. The van der Waals surface area contributed by atoms with Crippen molar-refractivity contribution in [1.29, 1.82) is 0 Å². The van der Waals surface area contributed by atoms with E-state index in [1.807, 2.05) is 13.2 Å². The van der Waals surface area contributed by atoms with Gasteiger partial charge in [0, 0.05) is 19.1 Å². The van der Waals surface area contributed by atoms with Crippen LogP contribution in [0.4, 0.5) is 5.69 Å². The number of likely N-dealkylation sites (N-methyl/N-ethyl adjacent to an activating group) is 1. The van der Waals surface area contributed by atoms with E-state index in [2.05, 4.69) is 33.6 Å². The summed E-state index contributed by atoms with van der Waals surface area (Å²) in [6, 6.07) is 4.90. The molecule has 4 heteroatoms. The largest absolute Gasteiger partial charge is 0.369 e. The second-order valence-corrected chi connectivity index (χ2v) is 4.96. The minimum absolute atomic E-state index is 0.619. The first kappa shape index (κ1) is 11.7. The van der Waals surface area contributed by atoms with E-state index in [0.717, 1.165) is 18.1 Å². The van der Waals surface area contributed by atoms with E-state index in [4.69, 9.17) is 0 Å². The van der Waals surface area contributed by atoms with Crippen LogP contribution < -0.4 is 10.2 Å². The van der Waals surface area contributed by atoms with Gasteiger partial charge in [0.15, 0.2) is 0 Å². The lowest BCUT2D eigenvalue weighted by Crippen LogP contribution is -2.44. The first-order valence-electron chi connectivity index (χ1n) is 5.75. The summed E-state index contributed by atoms with van der Waals surface area (Å²) >= 11 is 1.69. The number of pyridine rings is 1. The molecule has 0 aliphatic carbocycles. The zero-order valence-electron chi connectivity index (χ0n) is 9.94. The Morgan fingerprint density at radius 3 is 3.00 bits per heavy atom. The molecule has 1 aliphatic heterocycles. The molecule has 0 bridgehead atoms. The third-order valence-electron chi connectivity index (χ3n) is 3.12. The van der Waals surface area contributed by atoms with E-state index in [1.54, 1.807) is 11.8 Å². The Bertz CT molecular complexity index is 326. The molecule has 2 rings (SSSR count). The molecule has 0 amide bonds. The maximum Gasteiger partial charge on any atom is 0.0958 e. The van der Waals surface area contributed by atoms with Gasteiger partial charge in [0.2, 0.25) is 0 Å². The van der Waals surface area contributed by atoms with E-state index in [1.165, 1.54) is 18.5 Å². The average Bonchev–Trinajstić information content (AvgIpc) is 2.39. The number of piperidine rings is 1. The van der Waals surface area contributed by atoms with Crippen molar-refractivity contribution in [3.63, 3.8) is 0 Å². The highest BCUT2D eigenvalue weighted by Gasteiger charge is 2.18. The minimum atomic E-state index is 0.619. The summed E-state index contributed by atoms with van der Waals surface area (Å²) in [5.74, 6) is 0. The summed E-state index contributed by atoms with van der Waals surface area (Å²) in [6.45, 7) is 2.25. The lowest BCUT2D eigenvalue weighted by Gasteiger charge is -2.34. The van der Waals surface area contributed by atoms with Crippen LogP contribution in [0.5, 0.6) is 0 Å². The van der Waals surface area contributed by atoms with Crippen LogP contribution in [-0.4, -0.2) is 37.4 Å². The third kappa shape index (κ3) is 2.68. The molecule has 88 valence electrons. The molecule has 2 heterocycles. The molecular weight excluding hydrogens is 218 g/mol. The van der Waals surface area contributed by atoms with Gasteiger partial charge in [-0.05, 0) is 38.3 Å².